The van der Waals surface area contributed by atoms with E-state index in [1.165, 1.54) is 11.1 Å². The second-order valence-electron chi connectivity index (χ2n) is 4.51. The van der Waals surface area contributed by atoms with Gasteiger partial charge in [0, 0.05) is 20.3 Å². The quantitative estimate of drug-likeness (QED) is 0.523. The smallest absolute Gasteiger partial charge is 0.254 e. The van der Waals surface area contributed by atoms with Gasteiger partial charge in [-0.2, -0.15) is 0 Å². The van der Waals surface area contributed by atoms with Crippen LogP contribution in [-0.4, -0.2) is 70.6 Å². The molecule has 0 fully saturated rings. The largest absolute Gasteiger partial charge is 0.394 e. The second-order valence-corrected chi connectivity index (χ2v) is 4.51. The number of pyridine rings is 1. The van der Waals surface area contributed by atoms with E-state index in [1.54, 1.807) is 26.2 Å². The molecule has 0 saturated heterocycles. The van der Waals surface area contributed by atoms with Crippen LogP contribution in [0.4, 0.5) is 5.82 Å². The van der Waals surface area contributed by atoms with E-state index < -0.39 is 25.4 Å². The number of anilines is 1. The summed E-state index contributed by atoms with van der Waals surface area (Å²) < 4.78 is 0. The zero-order valence-electron chi connectivity index (χ0n) is 11.0. The molecule has 0 saturated carbocycles. The van der Waals surface area contributed by atoms with Gasteiger partial charge in [-0.05, 0) is 12.1 Å². The lowest BCUT2D eigenvalue weighted by atomic mass is 10.0. The second kappa shape index (κ2) is 6.46. The van der Waals surface area contributed by atoms with Gasteiger partial charge in [-0.3, -0.25) is 4.79 Å². The average Bonchev–Trinajstić information content (AvgIpc) is 2.45. The lowest BCUT2D eigenvalue weighted by Crippen LogP contribution is -2.49. The molecule has 4 N–H and O–H groups in total. The lowest BCUT2D eigenvalue weighted by Gasteiger charge is -2.29. The fourth-order valence-corrected chi connectivity index (χ4v) is 1.39. The van der Waals surface area contributed by atoms with Crippen molar-refractivity contribution in [3.05, 3.63) is 23.9 Å². The molecule has 1 aromatic heterocycles. The zero-order valence-corrected chi connectivity index (χ0v) is 11.0. The number of aliphatic hydroxyl groups is 3. The van der Waals surface area contributed by atoms with Crippen LogP contribution in [0.3, 0.4) is 0 Å². The van der Waals surface area contributed by atoms with Crippen LogP contribution in [0.2, 0.25) is 0 Å². The highest BCUT2D eigenvalue weighted by molar-refractivity contribution is 5.93. The van der Waals surface area contributed by atoms with Gasteiger partial charge in [-0.15, -0.1) is 0 Å². The highest BCUT2D eigenvalue weighted by Gasteiger charge is 2.28. The molecule has 0 aliphatic rings. The average molecular weight is 269 g/mol. The fourth-order valence-electron chi connectivity index (χ4n) is 1.39. The van der Waals surface area contributed by atoms with E-state index in [4.69, 9.17) is 0 Å². The highest BCUT2D eigenvalue weighted by Crippen LogP contribution is 2.13. The van der Waals surface area contributed by atoms with E-state index in [-0.39, 0.29) is 5.91 Å². The molecule has 1 aromatic rings. The van der Waals surface area contributed by atoms with Crippen molar-refractivity contribution in [3.63, 3.8) is 0 Å². The Kier molecular flexibility index (Phi) is 5.22. The monoisotopic (exact) mass is 269 g/mol. The number of rotatable bonds is 6. The Hall–Kier alpha value is -1.70. The number of nitrogens with zero attached hydrogens (tertiary/aromatic N) is 2. The minimum Gasteiger partial charge on any atom is -0.394 e. The molecular weight excluding hydrogens is 250 g/mol. The molecule has 0 bridgehead atoms. The molecule has 19 heavy (non-hydrogen) atoms. The summed E-state index contributed by atoms with van der Waals surface area (Å²) in [6.45, 7) is -1.33. The van der Waals surface area contributed by atoms with Crippen molar-refractivity contribution in [1.29, 1.82) is 0 Å². The van der Waals surface area contributed by atoms with Crippen LogP contribution in [0.15, 0.2) is 18.3 Å². The number of hydrogen-bond donors (Lipinski definition) is 4. The van der Waals surface area contributed by atoms with Gasteiger partial charge in [0.05, 0.1) is 25.4 Å². The molecule has 0 aliphatic carbocycles. The molecule has 0 spiro atoms. The maximum atomic E-state index is 11.7. The van der Waals surface area contributed by atoms with E-state index in [0.717, 1.165) is 0 Å². The van der Waals surface area contributed by atoms with Gasteiger partial charge in [0.2, 0.25) is 0 Å². The number of aromatic nitrogens is 1. The predicted molar refractivity (Wildman–Crippen MR) is 69.9 cm³/mol. The minimum absolute atomic E-state index is 0.170. The summed E-state index contributed by atoms with van der Waals surface area (Å²) in [4.78, 5) is 17.1. The first-order valence-electron chi connectivity index (χ1n) is 5.76. The maximum Gasteiger partial charge on any atom is 0.254 e. The molecule has 7 heteroatoms. The summed E-state index contributed by atoms with van der Waals surface area (Å²) >= 11 is 0. The topological polar surface area (TPSA) is 106 Å². The molecule has 0 unspecified atom stereocenters. The van der Waals surface area contributed by atoms with Crippen LogP contribution in [0, 0.1) is 0 Å². The first-order valence-corrected chi connectivity index (χ1v) is 5.76. The van der Waals surface area contributed by atoms with Crippen LogP contribution < -0.4 is 5.32 Å². The van der Waals surface area contributed by atoms with Gasteiger partial charge in [0.1, 0.15) is 11.4 Å². The van der Waals surface area contributed by atoms with Crippen molar-refractivity contribution in [2.75, 3.05) is 39.2 Å². The molecule has 106 valence electrons. The number of carbonyl (C=O) groups excluding carboxylic acids is 1. The van der Waals surface area contributed by atoms with E-state index in [0.29, 0.717) is 11.4 Å². The van der Waals surface area contributed by atoms with Gasteiger partial charge in [-0.25, -0.2) is 4.98 Å². The van der Waals surface area contributed by atoms with Gasteiger partial charge >= 0.3 is 0 Å². The molecule has 1 rings (SSSR count). The molecule has 0 aromatic carbocycles. The number of aliphatic hydroxyl groups excluding tert-OH is 3. The van der Waals surface area contributed by atoms with Gasteiger partial charge < -0.3 is 25.5 Å². The summed E-state index contributed by atoms with van der Waals surface area (Å²) in [7, 11) is 3.28. The molecular formula is C12H19N3O4. The maximum absolute atomic E-state index is 11.7. The Balaban J connectivity index is 2.85. The standard InChI is InChI=1S/C12H19N3O4/c1-15(2)11(19)9-3-4-10(13-5-9)14-12(6-16,7-17)8-18/h3-5,16-18H,6-8H2,1-2H3,(H,13,14). The summed E-state index contributed by atoms with van der Waals surface area (Å²) in [5.74, 6) is 0.184. The Labute approximate surface area is 111 Å². The van der Waals surface area contributed by atoms with Crippen molar-refractivity contribution in [3.8, 4) is 0 Å². The normalized spacial score (nSPS) is 11.2. The van der Waals surface area contributed by atoms with E-state index in [9.17, 15) is 20.1 Å². The number of carbonyl (C=O) groups is 1. The lowest BCUT2D eigenvalue weighted by molar-refractivity contribution is 0.0820. The van der Waals surface area contributed by atoms with Crippen molar-refractivity contribution in [2.24, 2.45) is 0 Å². The summed E-state index contributed by atoms with van der Waals surface area (Å²) in [6, 6.07) is 3.13. The summed E-state index contributed by atoms with van der Waals surface area (Å²) in [6.07, 6.45) is 1.39. The van der Waals surface area contributed by atoms with Crippen LogP contribution in [0.1, 0.15) is 10.4 Å². The van der Waals surface area contributed by atoms with Gasteiger partial charge in [0.25, 0.3) is 5.91 Å². The van der Waals surface area contributed by atoms with Crippen molar-refractivity contribution in [1.82, 2.24) is 9.88 Å². The third-order valence-corrected chi connectivity index (χ3v) is 2.72. The summed E-state index contributed by atoms with van der Waals surface area (Å²) in [5, 5.41) is 30.3. The Morgan fingerprint density at radius 2 is 1.84 bits per heavy atom. The molecule has 7 nitrogen and oxygen atoms in total. The van der Waals surface area contributed by atoms with E-state index in [1.807, 2.05) is 0 Å². The highest BCUT2D eigenvalue weighted by atomic mass is 16.3. The van der Waals surface area contributed by atoms with Gasteiger partial charge in [0.15, 0.2) is 0 Å². The number of amides is 1. The van der Waals surface area contributed by atoms with Crippen LogP contribution in [0.5, 0.6) is 0 Å². The molecule has 1 heterocycles. The van der Waals surface area contributed by atoms with Crippen molar-refractivity contribution < 1.29 is 20.1 Å². The Morgan fingerprint density at radius 3 is 2.21 bits per heavy atom. The number of nitrogens with one attached hydrogen (secondary N) is 1. The SMILES string of the molecule is CN(C)C(=O)c1ccc(NC(CO)(CO)CO)nc1. The third kappa shape index (κ3) is 3.63. The van der Waals surface area contributed by atoms with Crippen LogP contribution in [-0.2, 0) is 0 Å². The first-order chi connectivity index (χ1) is 8.98. The Bertz CT molecular complexity index is 407. The Morgan fingerprint density at radius 1 is 1.26 bits per heavy atom. The molecule has 0 atom stereocenters. The summed E-state index contributed by atoms with van der Waals surface area (Å²) in [5.41, 5.74) is -0.807. The van der Waals surface area contributed by atoms with Crippen molar-refractivity contribution >= 4 is 11.7 Å². The first kappa shape index (κ1) is 15.4. The zero-order chi connectivity index (χ0) is 14.5. The molecule has 1 amide bonds. The molecule has 0 aliphatic heterocycles. The van der Waals surface area contributed by atoms with Gasteiger partial charge in [-0.1, -0.05) is 0 Å². The van der Waals surface area contributed by atoms with E-state index in [2.05, 4.69) is 10.3 Å². The van der Waals surface area contributed by atoms with Crippen molar-refractivity contribution in [2.45, 2.75) is 5.54 Å². The minimum atomic E-state index is -1.24. The third-order valence-electron chi connectivity index (χ3n) is 2.72. The van der Waals surface area contributed by atoms with Crippen LogP contribution in [0.25, 0.3) is 0 Å². The molecule has 0 radical (unpaired) electrons. The predicted octanol–water partition coefficient (Wildman–Crippen LogP) is -1.09. The fraction of sp³-hybridized carbons (Fsp3) is 0.500. The van der Waals surface area contributed by atoms with Crippen LogP contribution >= 0.6 is 0 Å². The van der Waals surface area contributed by atoms with E-state index >= 15 is 0 Å². The number of hydrogen-bond acceptors (Lipinski definition) is 6.